The number of carbonyl (C=O) groups excluding carboxylic acids is 1. The molecule has 0 saturated heterocycles. The number of nitrogens with one attached hydrogen (secondary N) is 2. The van der Waals surface area contributed by atoms with Crippen LogP contribution in [-0.2, 0) is 0 Å². The molecule has 1 aromatic carbocycles. The Kier molecular flexibility index (Phi) is 4.81. The number of aromatic nitrogens is 4. The summed E-state index contributed by atoms with van der Waals surface area (Å²) in [4.78, 5) is 19.0. The zero-order chi connectivity index (χ0) is 19.6. The van der Waals surface area contributed by atoms with Crippen LogP contribution in [0.4, 0.5) is 5.82 Å². The minimum absolute atomic E-state index is 0.00161. The first-order chi connectivity index (χ1) is 13.5. The molecule has 7 heteroatoms. The fraction of sp³-hybridized carbons (Fsp3) is 0.333. The lowest BCUT2D eigenvalue weighted by atomic mass is 9.95. The first-order valence-electron chi connectivity index (χ1n) is 9.53. The van der Waals surface area contributed by atoms with Gasteiger partial charge in [0.1, 0.15) is 5.82 Å². The molecule has 0 radical (unpaired) electrons. The summed E-state index contributed by atoms with van der Waals surface area (Å²) in [6.07, 6.45) is 7.98. The van der Waals surface area contributed by atoms with Crippen molar-refractivity contribution in [3.8, 4) is 5.69 Å². The van der Waals surface area contributed by atoms with E-state index in [0.29, 0.717) is 11.3 Å². The van der Waals surface area contributed by atoms with E-state index in [1.54, 1.807) is 18.5 Å². The first-order valence-corrected chi connectivity index (χ1v) is 9.53. The van der Waals surface area contributed by atoms with E-state index in [9.17, 15) is 4.79 Å². The van der Waals surface area contributed by atoms with Crippen molar-refractivity contribution in [3.63, 3.8) is 0 Å². The molecule has 1 aliphatic carbocycles. The molecule has 4 rings (SSSR count). The third-order valence-electron chi connectivity index (χ3n) is 5.37. The quantitative estimate of drug-likeness (QED) is 0.715. The van der Waals surface area contributed by atoms with Crippen molar-refractivity contribution in [2.75, 3.05) is 5.32 Å². The van der Waals surface area contributed by atoms with E-state index in [0.717, 1.165) is 30.6 Å². The number of hydrogen-bond acceptors (Lipinski definition) is 5. The third kappa shape index (κ3) is 3.60. The van der Waals surface area contributed by atoms with Crippen molar-refractivity contribution in [1.82, 2.24) is 25.3 Å². The SMILES string of the molecule is Cc1ccc(NC2(C)CCCC2NC(=O)c2ccccc2-n2nccn2)nc1. The van der Waals surface area contributed by atoms with Crippen LogP contribution < -0.4 is 10.6 Å². The third-order valence-corrected chi connectivity index (χ3v) is 5.37. The summed E-state index contributed by atoms with van der Waals surface area (Å²) in [6, 6.07) is 11.4. The fourth-order valence-electron chi connectivity index (χ4n) is 3.80. The number of pyridine rings is 1. The van der Waals surface area contributed by atoms with E-state index >= 15 is 0 Å². The van der Waals surface area contributed by atoms with Crippen LogP contribution in [0.25, 0.3) is 5.69 Å². The van der Waals surface area contributed by atoms with Crippen LogP contribution in [0.15, 0.2) is 55.0 Å². The largest absolute Gasteiger partial charge is 0.363 e. The Bertz CT molecular complexity index is 953. The van der Waals surface area contributed by atoms with Crippen molar-refractivity contribution in [2.24, 2.45) is 0 Å². The highest BCUT2D eigenvalue weighted by molar-refractivity contribution is 5.98. The highest BCUT2D eigenvalue weighted by Crippen LogP contribution is 2.33. The van der Waals surface area contributed by atoms with Crippen molar-refractivity contribution >= 4 is 11.7 Å². The Labute approximate surface area is 164 Å². The molecule has 1 saturated carbocycles. The molecule has 1 fully saturated rings. The molecule has 1 aliphatic rings. The zero-order valence-electron chi connectivity index (χ0n) is 16.1. The van der Waals surface area contributed by atoms with Crippen LogP contribution in [-0.4, -0.2) is 37.5 Å². The number of benzene rings is 1. The maximum absolute atomic E-state index is 13.1. The number of nitrogens with zero attached hydrogens (tertiary/aromatic N) is 4. The smallest absolute Gasteiger partial charge is 0.253 e. The van der Waals surface area contributed by atoms with Gasteiger partial charge >= 0.3 is 0 Å². The fourth-order valence-corrected chi connectivity index (χ4v) is 3.80. The number of para-hydroxylation sites is 1. The Balaban J connectivity index is 1.53. The lowest BCUT2D eigenvalue weighted by Gasteiger charge is -2.34. The average Bonchev–Trinajstić information content (AvgIpc) is 3.34. The Morgan fingerprint density at radius 1 is 1.18 bits per heavy atom. The zero-order valence-corrected chi connectivity index (χ0v) is 16.1. The van der Waals surface area contributed by atoms with E-state index in [2.05, 4.69) is 32.7 Å². The molecule has 0 aliphatic heterocycles. The summed E-state index contributed by atoms with van der Waals surface area (Å²) in [5, 5.41) is 15.1. The van der Waals surface area contributed by atoms with E-state index in [1.807, 2.05) is 43.5 Å². The lowest BCUT2D eigenvalue weighted by Crippen LogP contribution is -2.52. The van der Waals surface area contributed by atoms with Gasteiger partial charge in [-0.05, 0) is 56.9 Å². The minimum Gasteiger partial charge on any atom is -0.363 e. The first kappa shape index (κ1) is 18.2. The molecule has 3 aromatic rings. The lowest BCUT2D eigenvalue weighted by molar-refractivity contribution is 0.0926. The number of rotatable bonds is 5. The molecule has 28 heavy (non-hydrogen) atoms. The molecule has 0 spiro atoms. The number of hydrogen-bond donors (Lipinski definition) is 2. The van der Waals surface area contributed by atoms with Crippen LogP contribution in [0, 0.1) is 6.92 Å². The topological polar surface area (TPSA) is 84.7 Å². The van der Waals surface area contributed by atoms with E-state index in [4.69, 9.17) is 0 Å². The van der Waals surface area contributed by atoms with Gasteiger partial charge < -0.3 is 10.6 Å². The van der Waals surface area contributed by atoms with Crippen molar-refractivity contribution in [1.29, 1.82) is 0 Å². The van der Waals surface area contributed by atoms with Gasteiger partial charge in [-0.25, -0.2) is 4.98 Å². The predicted molar refractivity (Wildman–Crippen MR) is 107 cm³/mol. The average molecular weight is 376 g/mol. The van der Waals surface area contributed by atoms with Gasteiger partial charge in [0.25, 0.3) is 5.91 Å². The molecule has 2 N–H and O–H groups in total. The molecule has 144 valence electrons. The summed E-state index contributed by atoms with van der Waals surface area (Å²) in [7, 11) is 0. The second-order valence-electron chi connectivity index (χ2n) is 7.52. The molecule has 2 atom stereocenters. The molecule has 1 amide bonds. The highest BCUT2D eigenvalue weighted by Gasteiger charge is 2.40. The van der Waals surface area contributed by atoms with Gasteiger partial charge in [0.15, 0.2) is 0 Å². The molecular formula is C21H24N6O. The number of aryl methyl sites for hydroxylation is 1. The second kappa shape index (κ2) is 7.42. The molecule has 7 nitrogen and oxygen atoms in total. The van der Waals surface area contributed by atoms with Gasteiger partial charge in [0.05, 0.1) is 35.2 Å². The van der Waals surface area contributed by atoms with Crippen molar-refractivity contribution < 1.29 is 4.79 Å². The van der Waals surface area contributed by atoms with Gasteiger partial charge in [-0.2, -0.15) is 15.0 Å². The van der Waals surface area contributed by atoms with Crippen molar-refractivity contribution in [2.45, 2.75) is 44.7 Å². The second-order valence-corrected chi connectivity index (χ2v) is 7.52. The van der Waals surface area contributed by atoms with Gasteiger partial charge in [0, 0.05) is 6.20 Å². The predicted octanol–water partition coefficient (Wildman–Crippen LogP) is 3.12. The molecule has 2 heterocycles. The number of amides is 1. The van der Waals surface area contributed by atoms with Gasteiger partial charge in [-0.15, -0.1) is 0 Å². The van der Waals surface area contributed by atoms with Crippen LogP contribution in [0.3, 0.4) is 0 Å². The van der Waals surface area contributed by atoms with E-state index < -0.39 is 0 Å². The van der Waals surface area contributed by atoms with Crippen LogP contribution in [0.1, 0.15) is 42.1 Å². The number of anilines is 1. The minimum atomic E-state index is -0.253. The standard InChI is InChI=1S/C21H24N6O/c1-15-9-10-19(22-14-15)26-21(2)11-5-8-18(21)25-20(28)16-6-3-4-7-17(16)27-23-12-13-24-27/h3-4,6-7,9-10,12-14,18H,5,8,11H2,1-2H3,(H,22,26)(H,25,28). The Morgan fingerprint density at radius 2 is 1.96 bits per heavy atom. The molecular weight excluding hydrogens is 352 g/mol. The summed E-state index contributed by atoms with van der Waals surface area (Å²) in [5.41, 5.74) is 2.09. The summed E-state index contributed by atoms with van der Waals surface area (Å²) in [6.45, 7) is 4.16. The monoisotopic (exact) mass is 376 g/mol. The molecule has 2 aromatic heterocycles. The summed E-state index contributed by atoms with van der Waals surface area (Å²) >= 11 is 0. The summed E-state index contributed by atoms with van der Waals surface area (Å²) < 4.78 is 0. The maximum Gasteiger partial charge on any atom is 0.253 e. The molecule has 2 unspecified atom stereocenters. The molecule has 0 bridgehead atoms. The van der Waals surface area contributed by atoms with Crippen LogP contribution in [0.2, 0.25) is 0 Å². The Hall–Kier alpha value is -3.22. The van der Waals surface area contributed by atoms with Crippen LogP contribution >= 0.6 is 0 Å². The normalized spacial score (nSPS) is 21.4. The van der Waals surface area contributed by atoms with E-state index in [1.165, 1.54) is 4.80 Å². The van der Waals surface area contributed by atoms with Gasteiger partial charge in [-0.1, -0.05) is 18.2 Å². The summed E-state index contributed by atoms with van der Waals surface area (Å²) in [5.74, 6) is 0.708. The maximum atomic E-state index is 13.1. The Morgan fingerprint density at radius 3 is 2.71 bits per heavy atom. The highest BCUT2D eigenvalue weighted by atomic mass is 16.1. The van der Waals surface area contributed by atoms with Crippen LogP contribution in [0.5, 0.6) is 0 Å². The van der Waals surface area contributed by atoms with E-state index in [-0.39, 0.29) is 17.5 Å². The van der Waals surface area contributed by atoms with Gasteiger partial charge in [0.2, 0.25) is 0 Å². The van der Waals surface area contributed by atoms with Gasteiger partial charge in [-0.3, -0.25) is 4.79 Å². The number of carbonyl (C=O) groups is 1. The van der Waals surface area contributed by atoms with Crippen molar-refractivity contribution in [3.05, 3.63) is 66.1 Å².